The summed E-state index contributed by atoms with van der Waals surface area (Å²) in [5.74, 6) is 0.946. The van der Waals surface area contributed by atoms with E-state index in [0.29, 0.717) is 25.6 Å². The summed E-state index contributed by atoms with van der Waals surface area (Å²) in [6, 6.07) is 0. The molecule has 0 aliphatic rings. The zero-order valence-corrected chi connectivity index (χ0v) is 21.3. The van der Waals surface area contributed by atoms with E-state index in [1.165, 1.54) is 0 Å². The zero-order chi connectivity index (χ0) is 20.6. The molecule has 8 nitrogen and oxygen atoms in total. The Morgan fingerprint density at radius 1 is 1.32 bits per heavy atom. The Labute approximate surface area is 190 Å². The molecular formula is C18H35IN6O2S. The van der Waals surface area contributed by atoms with Gasteiger partial charge in [0.25, 0.3) is 0 Å². The highest BCUT2D eigenvalue weighted by atomic mass is 127. The molecule has 1 atom stereocenters. The van der Waals surface area contributed by atoms with Gasteiger partial charge in [0, 0.05) is 46.7 Å². The first-order chi connectivity index (χ1) is 12.5. The zero-order valence-electron chi connectivity index (χ0n) is 18.2. The highest BCUT2D eigenvalue weighted by Crippen LogP contribution is 2.17. The average Bonchev–Trinajstić information content (AvgIpc) is 3.02. The number of hydrogen-bond donors (Lipinski definition) is 2. The quantitative estimate of drug-likeness (QED) is 0.323. The minimum atomic E-state index is -0.485. The molecule has 0 aromatic carbocycles. The van der Waals surface area contributed by atoms with Crippen LogP contribution >= 0.6 is 35.3 Å². The Balaban J connectivity index is 0.00000729. The van der Waals surface area contributed by atoms with Crippen LogP contribution in [0.4, 0.5) is 9.93 Å². The van der Waals surface area contributed by atoms with E-state index < -0.39 is 5.60 Å². The van der Waals surface area contributed by atoms with Gasteiger partial charge in [0.05, 0.1) is 12.2 Å². The fraction of sp³-hybridized carbons (Fsp3) is 0.722. The Hall–Kier alpha value is -1.30. The third kappa shape index (κ3) is 10.3. The number of nitrogens with zero attached hydrogens (tertiary/aromatic N) is 4. The number of guanidine groups is 1. The van der Waals surface area contributed by atoms with E-state index in [9.17, 15) is 4.79 Å². The number of amides is 1. The van der Waals surface area contributed by atoms with Gasteiger partial charge in [-0.1, -0.05) is 6.92 Å². The number of nitrogens with one attached hydrogen (secondary N) is 2. The summed E-state index contributed by atoms with van der Waals surface area (Å²) >= 11 is 1.61. The number of aromatic nitrogens is 1. The molecule has 1 amide bonds. The van der Waals surface area contributed by atoms with E-state index in [2.05, 4.69) is 27.5 Å². The van der Waals surface area contributed by atoms with Crippen molar-refractivity contribution >= 4 is 52.5 Å². The Kier molecular flexibility index (Phi) is 11.7. The van der Waals surface area contributed by atoms with Crippen LogP contribution in [0.5, 0.6) is 0 Å². The molecule has 1 rings (SSSR count). The normalized spacial score (nSPS) is 12.6. The topological polar surface area (TPSA) is 82.1 Å². The molecule has 0 radical (unpaired) electrons. The van der Waals surface area contributed by atoms with E-state index in [1.807, 2.05) is 45.1 Å². The maximum Gasteiger partial charge on any atom is 0.410 e. The summed E-state index contributed by atoms with van der Waals surface area (Å²) in [5, 5.41) is 9.56. The van der Waals surface area contributed by atoms with Crippen molar-refractivity contribution in [3.63, 3.8) is 0 Å². The number of halogens is 1. The minimum Gasteiger partial charge on any atom is -0.444 e. The monoisotopic (exact) mass is 526 g/mol. The van der Waals surface area contributed by atoms with Crippen LogP contribution in [0.15, 0.2) is 10.4 Å². The largest absolute Gasteiger partial charge is 0.444 e. The van der Waals surface area contributed by atoms with Crippen molar-refractivity contribution in [2.24, 2.45) is 10.9 Å². The minimum absolute atomic E-state index is 0. The van der Waals surface area contributed by atoms with Crippen LogP contribution in [0.3, 0.4) is 0 Å². The molecule has 162 valence electrons. The third-order valence-corrected chi connectivity index (χ3v) is 4.55. The van der Waals surface area contributed by atoms with Crippen LogP contribution in [-0.4, -0.2) is 68.8 Å². The van der Waals surface area contributed by atoms with Crippen molar-refractivity contribution in [2.75, 3.05) is 46.2 Å². The number of hydrogen-bond acceptors (Lipinski definition) is 6. The van der Waals surface area contributed by atoms with Crippen LogP contribution in [0, 0.1) is 5.92 Å². The Morgan fingerprint density at radius 3 is 2.46 bits per heavy atom. The number of carbonyl (C=O) groups excluding carboxylic acids is 1. The number of ether oxygens (including phenoxy) is 1. The molecule has 1 aromatic heterocycles. The van der Waals surface area contributed by atoms with Gasteiger partial charge in [-0.15, -0.1) is 35.3 Å². The molecule has 1 unspecified atom stereocenters. The van der Waals surface area contributed by atoms with Gasteiger partial charge in [0.1, 0.15) is 5.60 Å². The van der Waals surface area contributed by atoms with Gasteiger partial charge in [-0.2, -0.15) is 0 Å². The van der Waals surface area contributed by atoms with Gasteiger partial charge in [-0.3, -0.25) is 4.99 Å². The molecule has 1 aromatic rings. The predicted octanol–water partition coefficient (Wildman–Crippen LogP) is 3.00. The van der Waals surface area contributed by atoms with E-state index in [4.69, 9.17) is 4.74 Å². The summed E-state index contributed by atoms with van der Waals surface area (Å²) < 4.78 is 5.37. The molecule has 0 aliphatic carbocycles. The molecule has 0 saturated heterocycles. The van der Waals surface area contributed by atoms with Crippen LogP contribution in [0.1, 0.15) is 33.4 Å². The molecule has 0 fully saturated rings. The van der Waals surface area contributed by atoms with E-state index in [0.717, 1.165) is 10.8 Å². The average molecular weight is 526 g/mol. The van der Waals surface area contributed by atoms with Gasteiger partial charge in [0.2, 0.25) is 0 Å². The highest BCUT2D eigenvalue weighted by Gasteiger charge is 2.20. The van der Waals surface area contributed by atoms with Crippen molar-refractivity contribution < 1.29 is 9.53 Å². The standard InChI is InChI=1S/C18H34N6O2S.HI/c1-13(11-24(8)17(25)26-18(2,3)4)9-20-15(19-5)21-10-14-12-27-16(22-14)23(6)7;/h12-13H,9-11H2,1-8H3,(H2,19,20,21);1H. The lowest BCUT2D eigenvalue weighted by Crippen LogP contribution is -2.42. The number of aliphatic imine (C=N–C) groups is 1. The summed E-state index contributed by atoms with van der Waals surface area (Å²) in [5.41, 5.74) is 0.491. The smallest absolute Gasteiger partial charge is 0.410 e. The van der Waals surface area contributed by atoms with E-state index in [1.54, 1.807) is 30.3 Å². The Morgan fingerprint density at radius 2 is 1.96 bits per heavy atom. The SMILES string of the molecule is CN=C(NCc1csc(N(C)C)n1)NCC(C)CN(C)C(=O)OC(C)(C)C.I. The first kappa shape index (κ1) is 26.7. The number of thiazole rings is 1. The predicted molar refractivity (Wildman–Crippen MR) is 128 cm³/mol. The van der Waals surface area contributed by atoms with Gasteiger partial charge in [-0.25, -0.2) is 9.78 Å². The number of rotatable bonds is 7. The van der Waals surface area contributed by atoms with Crippen LogP contribution in [0.25, 0.3) is 0 Å². The van der Waals surface area contributed by atoms with Gasteiger partial charge in [-0.05, 0) is 26.7 Å². The summed E-state index contributed by atoms with van der Waals surface area (Å²) in [4.78, 5) is 24.4. The molecule has 10 heteroatoms. The van der Waals surface area contributed by atoms with Crippen LogP contribution in [0.2, 0.25) is 0 Å². The molecule has 1 heterocycles. The molecule has 0 bridgehead atoms. The molecular weight excluding hydrogens is 491 g/mol. The fourth-order valence-corrected chi connectivity index (χ4v) is 2.95. The molecule has 28 heavy (non-hydrogen) atoms. The molecule has 2 N–H and O–H groups in total. The van der Waals surface area contributed by atoms with Crippen molar-refractivity contribution in [2.45, 2.75) is 39.8 Å². The van der Waals surface area contributed by atoms with Gasteiger partial charge in [0.15, 0.2) is 11.1 Å². The molecule has 0 saturated carbocycles. The Bertz CT molecular complexity index is 630. The maximum atomic E-state index is 12.0. The summed E-state index contributed by atoms with van der Waals surface area (Å²) in [6.45, 7) is 9.56. The third-order valence-electron chi connectivity index (χ3n) is 3.49. The van der Waals surface area contributed by atoms with Crippen molar-refractivity contribution in [1.82, 2.24) is 20.5 Å². The van der Waals surface area contributed by atoms with Crippen molar-refractivity contribution in [3.8, 4) is 0 Å². The van der Waals surface area contributed by atoms with Gasteiger partial charge >= 0.3 is 6.09 Å². The van der Waals surface area contributed by atoms with Crippen molar-refractivity contribution in [3.05, 3.63) is 11.1 Å². The molecule has 0 aliphatic heterocycles. The summed E-state index contributed by atoms with van der Waals surface area (Å²) in [7, 11) is 7.44. The first-order valence-corrected chi connectivity index (χ1v) is 9.90. The maximum absolute atomic E-state index is 12.0. The highest BCUT2D eigenvalue weighted by molar-refractivity contribution is 14.0. The number of anilines is 1. The lowest BCUT2D eigenvalue weighted by atomic mass is 10.1. The second-order valence-electron chi connectivity index (χ2n) is 7.79. The number of carbonyl (C=O) groups is 1. The fourth-order valence-electron chi connectivity index (χ4n) is 2.20. The van der Waals surface area contributed by atoms with E-state index >= 15 is 0 Å². The second-order valence-corrected chi connectivity index (χ2v) is 8.63. The van der Waals surface area contributed by atoms with Crippen LogP contribution in [-0.2, 0) is 11.3 Å². The van der Waals surface area contributed by atoms with Crippen molar-refractivity contribution in [1.29, 1.82) is 0 Å². The summed E-state index contributed by atoms with van der Waals surface area (Å²) in [6.07, 6.45) is -0.308. The lowest BCUT2D eigenvalue weighted by Gasteiger charge is -2.26. The molecule has 0 spiro atoms. The first-order valence-electron chi connectivity index (χ1n) is 9.02. The second kappa shape index (κ2) is 12.3. The van der Waals surface area contributed by atoms with Crippen LogP contribution < -0.4 is 15.5 Å². The lowest BCUT2D eigenvalue weighted by molar-refractivity contribution is 0.0278. The van der Waals surface area contributed by atoms with E-state index in [-0.39, 0.29) is 36.0 Å². The van der Waals surface area contributed by atoms with Gasteiger partial charge < -0.3 is 25.2 Å².